The van der Waals surface area contributed by atoms with Crippen LogP contribution >= 0.6 is 12.4 Å². The quantitative estimate of drug-likeness (QED) is 0.762. The summed E-state index contributed by atoms with van der Waals surface area (Å²) in [6.07, 6.45) is 3.63. The minimum atomic E-state index is 0. The molecular weight excluding hydrogens is 280 g/mol. The predicted octanol–water partition coefficient (Wildman–Crippen LogP) is 4.55. The highest BCUT2D eigenvalue weighted by Gasteiger charge is 2.32. The second kappa shape index (κ2) is 5.70. The normalized spacial score (nSPS) is 20.6. The second-order valence-electron chi connectivity index (χ2n) is 5.90. The second-order valence-corrected chi connectivity index (χ2v) is 5.90. The summed E-state index contributed by atoms with van der Waals surface area (Å²) in [4.78, 5) is 0. The Morgan fingerprint density at radius 3 is 2.00 bits per heavy atom. The van der Waals surface area contributed by atoms with Crippen LogP contribution in [0.5, 0.6) is 0 Å². The summed E-state index contributed by atoms with van der Waals surface area (Å²) in [5.74, 6) is 0. The molecule has 0 bridgehead atoms. The van der Waals surface area contributed by atoms with Crippen LogP contribution in [0, 0.1) is 0 Å². The number of benzene rings is 2. The Bertz CT molecular complexity index is 595. The Kier molecular flexibility index (Phi) is 3.92. The van der Waals surface area contributed by atoms with Gasteiger partial charge in [-0.2, -0.15) is 0 Å². The number of hydrazine groups is 1. The number of nitrogens with zero attached hydrogens (tertiary/aromatic N) is 2. The fraction of sp³-hybridized carbons (Fsp3) is 0.333. The molecule has 1 saturated heterocycles. The number of hydrogen-bond acceptors (Lipinski definition) is 2. The van der Waals surface area contributed by atoms with Gasteiger partial charge in [0.15, 0.2) is 0 Å². The van der Waals surface area contributed by atoms with Gasteiger partial charge in [-0.15, -0.1) is 12.4 Å². The van der Waals surface area contributed by atoms with Crippen LogP contribution < -0.4 is 5.01 Å². The lowest BCUT2D eigenvalue weighted by molar-refractivity contribution is 0.271. The summed E-state index contributed by atoms with van der Waals surface area (Å²) in [6.45, 7) is 3.50. The summed E-state index contributed by atoms with van der Waals surface area (Å²) in [5.41, 5.74) is 5.59. The standard InChI is InChI=1S/C18H20N2.ClH/c1-14-7-6-12-19(14)20-17-10-4-2-8-15(17)13-16-9-3-5-11-18(16)20;/h2-5,8-11,14H,6-7,12-13H2,1H3;1H. The lowest BCUT2D eigenvalue weighted by atomic mass is 9.96. The van der Waals surface area contributed by atoms with E-state index in [2.05, 4.69) is 65.5 Å². The van der Waals surface area contributed by atoms with Gasteiger partial charge >= 0.3 is 0 Å². The minimum absolute atomic E-state index is 0. The number of fused-ring (bicyclic) bond motifs is 2. The third kappa shape index (κ3) is 2.33. The van der Waals surface area contributed by atoms with Crippen molar-refractivity contribution < 1.29 is 0 Å². The maximum Gasteiger partial charge on any atom is 0.0615 e. The van der Waals surface area contributed by atoms with Crippen molar-refractivity contribution in [2.24, 2.45) is 0 Å². The molecule has 1 atom stereocenters. The molecule has 0 aliphatic carbocycles. The van der Waals surface area contributed by atoms with E-state index in [9.17, 15) is 0 Å². The molecule has 0 N–H and O–H groups in total. The molecule has 2 nitrogen and oxygen atoms in total. The molecule has 110 valence electrons. The number of hydrogen-bond donors (Lipinski definition) is 0. The first-order chi connectivity index (χ1) is 9.84. The van der Waals surface area contributed by atoms with E-state index in [1.54, 1.807) is 0 Å². The molecule has 2 aliphatic rings. The Morgan fingerprint density at radius 2 is 1.48 bits per heavy atom. The zero-order valence-electron chi connectivity index (χ0n) is 12.3. The van der Waals surface area contributed by atoms with Crippen LogP contribution in [0.3, 0.4) is 0 Å². The largest absolute Gasteiger partial charge is 0.274 e. The average molecular weight is 301 g/mol. The van der Waals surface area contributed by atoms with Crippen LogP contribution in [0.4, 0.5) is 11.4 Å². The van der Waals surface area contributed by atoms with E-state index in [4.69, 9.17) is 0 Å². The van der Waals surface area contributed by atoms with E-state index >= 15 is 0 Å². The van der Waals surface area contributed by atoms with E-state index in [1.165, 1.54) is 35.3 Å². The van der Waals surface area contributed by atoms with Crippen molar-refractivity contribution in [3.05, 3.63) is 59.7 Å². The molecular formula is C18H21ClN2. The van der Waals surface area contributed by atoms with Gasteiger partial charge in [-0.1, -0.05) is 36.4 Å². The Labute approximate surface area is 132 Å². The van der Waals surface area contributed by atoms with Crippen LogP contribution in [0.2, 0.25) is 0 Å². The van der Waals surface area contributed by atoms with E-state index < -0.39 is 0 Å². The highest BCUT2D eigenvalue weighted by atomic mass is 35.5. The highest BCUT2D eigenvalue weighted by molar-refractivity contribution is 5.85. The molecule has 4 rings (SSSR count). The number of para-hydroxylation sites is 2. The van der Waals surface area contributed by atoms with Gasteiger partial charge in [-0.05, 0) is 43.0 Å². The van der Waals surface area contributed by atoms with Crippen LogP contribution in [-0.2, 0) is 6.42 Å². The Morgan fingerprint density at radius 1 is 0.905 bits per heavy atom. The van der Waals surface area contributed by atoms with Crippen molar-refractivity contribution in [1.29, 1.82) is 0 Å². The fourth-order valence-corrected chi connectivity index (χ4v) is 3.56. The number of halogens is 1. The van der Waals surface area contributed by atoms with Crippen LogP contribution in [-0.4, -0.2) is 17.6 Å². The van der Waals surface area contributed by atoms with Gasteiger partial charge in [-0.3, -0.25) is 5.01 Å². The fourth-order valence-electron chi connectivity index (χ4n) is 3.56. The first-order valence-corrected chi connectivity index (χ1v) is 7.57. The lowest BCUT2D eigenvalue weighted by Crippen LogP contribution is -2.43. The summed E-state index contributed by atoms with van der Waals surface area (Å²) >= 11 is 0. The van der Waals surface area contributed by atoms with Crippen molar-refractivity contribution in [3.63, 3.8) is 0 Å². The van der Waals surface area contributed by atoms with Crippen molar-refractivity contribution >= 4 is 23.8 Å². The van der Waals surface area contributed by atoms with Crippen LogP contribution in [0.1, 0.15) is 30.9 Å². The van der Waals surface area contributed by atoms with E-state index in [0.29, 0.717) is 6.04 Å². The molecule has 2 aromatic carbocycles. The summed E-state index contributed by atoms with van der Waals surface area (Å²) in [6, 6.07) is 18.3. The maximum absolute atomic E-state index is 2.54. The molecule has 2 heterocycles. The van der Waals surface area contributed by atoms with E-state index in [1.807, 2.05) is 0 Å². The third-order valence-corrected chi connectivity index (χ3v) is 4.60. The average Bonchev–Trinajstić information content (AvgIpc) is 2.90. The molecule has 0 saturated carbocycles. The van der Waals surface area contributed by atoms with Crippen molar-refractivity contribution in [2.75, 3.05) is 11.6 Å². The smallest absolute Gasteiger partial charge is 0.0615 e. The minimum Gasteiger partial charge on any atom is -0.274 e. The summed E-state index contributed by atoms with van der Waals surface area (Å²) < 4.78 is 0. The van der Waals surface area contributed by atoms with Crippen LogP contribution in [0.15, 0.2) is 48.5 Å². The Hall–Kier alpha value is -1.51. The SMILES string of the molecule is CC1CCCN1N1c2ccccc2Cc2ccccc21.Cl. The molecule has 3 heteroatoms. The van der Waals surface area contributed by atoms with Crippen molar-refractivity contribution in [1.82, 2.24) is 5.01 Å². The van der Waals surface area contributed by atoms with Gasteiger partial charge in [-0.25, -0.2) is 5.01 Å². The van der Waals surface area contributed by atoms with Gasteiger partial charge in [0.05, 0.1) is 11.4 Å². The van der Waals surface area contributed by atoms with Crippen LogP contribution in [0.25, 0.3) is 0 Å². The van der Waals surface area contributed by atoms with Crippen molar-refractivity contribution in [2.45, 2.75) is 32.2 Å². The molecule has 0 aromatic heterocycles. The third-order valence-electron chi connectivity index (χ3n) is 4.60. The van der Waals surface area contributed by atoms with Gasteiger partial charge in [0.2, 0.25) is 0 Å². The first kappa shape index (κ1) is 14.4. The van der Waals surface area contributed by atoms with Gasteiger partial charge < -0.3 is 0 Å². The molecule has 0 radical (unpaired) electrons. The maximum atomic E-state index is 2.54. The molecule has 0 amide bonds. The van der Waals surface area contributed by atoms with Gasteiger partial charge in [0.1, 0.15) is 0 Å². The Balaban J connectivity index is 0.00000132. The summed E-state index contributed by atoms with van der Waals surface area (Å²) in [7, 11) is 0. The van der Waals surface area contributed by atoms with Crippen molar-refractivity contribution in [3.8, 4) is 0 Å². The van der Waals surface area contributed by atoms with Gasteiger partial charge in [0, 0.05) is 19.0 Å². The lowest BCUT2D eigenvalue weighted by Gasteiger charge is -2.41. The van der Waals surface area contributed by atoms with E-state index in [-0.39, 0.29) is 12.4 Å². The monoisotopic (exact) mass is 300 g/mol. The zero-order chi connectivity index (χ0) is 13.5. The highest BCUT2D eigenvalue weighted by Crippen LogP contribution is 2.41. The number of anilines is 2. The topological polar surface area (TPSA) is 6.48 Å². The molecule has 21 heavy (non-hydrogen) atoms. The molecule has 1 unspecified atom stereocenters. The molecule has 1 fully saturated rings. The van der Waals surface area contributed by atoms with E-state index in [0.717, 1.165) is 13.0 Å². The molecule has 2 aliphatic heterocycles. The summed E-state index contributed by atoms with van der Waals surface area (Å²) in [5, 5.41) is 5.00. The zero-order valence-corrected chi connectivity index (χ0v) is 13.1. The molecule has 0 spiro atoms. The predicted molar refractivity (Wildman–Crippen MR) is 90.5 cm³/mol. The molecule has 2 aromatic rings. The first-order valence-electron chi connectivity index (χ1n) is 7.57. The number of rotatable bonds is 1. The van der Waals surface area contributed by atoms with Gasteiger partial charge in [0.25, 0.3) is 0 Å².